The molecule has 0 spiro atoms. The van der Waals surface area contributed by atoms with Crippen molar-refractivity contribution in [2.24, 2.45) is 5.92 Å². The number of ketones is 1. The van der Waals surface area contributed by atoms with Crippen molar-refractivity contribution in [3.63, 3.8) is 0 Å². The van der Waals surface area contributed by atoms with Gasteiger partial charge in [-0.05, 0) is 49.9 Å². The number of furan rings is 1. The Balaban J connectivity index is 1.78. The Hall–Kier alpha value is -3.02. The van der Waals surface area contributed by atoms with Gasteiger partial charge in [-0.25, -0.2) is 0 Å². The highest BCUT2D eigenvalue weighted by molar-refractivity contribution is 6.46. The molecular weight excluding hydrogens is 394 g/mol. The molecule has 2 aliphatic rings. The quantitative estimate of drug-likeness (QED) is 0.402. The van der Waals surface area contributed by atoms with E-state index < -0.39 is 17.7 Å². The van der Waals surface area contributed by atoms with Crippen molar-refractivity contribution in [1.29, 1.82) is 0 Å². The summed E-state index contributed by atoms with van der Waals surface area (Å²) in [6, 6.07) is 9.83. The number of hydrogen-bond donors (Lipinski definition) is 1. The number of amides is 1. The van der Waals surface area contributed by atoms with Crippen molar-refractivity contribution in [3.05, 3.63) is 59.1 Å². The summed E-state index contributed by atoms with van der Waals surface area (Å²) in [7, 11) is 0. The Labute approximate surface area is 182 Å². The molecule has 1 saturated carbocycles. The van der Waals surface area contributed by atoms with Gasteiger partial charge in [-0.2, -0.15) is 0 Å². The summed E-state index contributed by atoms with van der Waals surface area (Å²) in [4.78, 5) is 27.8. The zero-order valence-corrected chi connectivity index (χ0v) is 18.3. The van der Waals surface area contributed by atoms with E-state index in [2.05, 4.69) is 13.8 Å². The molecule has 4 rings (SSSR count). The minimum atomic E-state index is -0.725. The van der Waals surface area contributed by atoms with E-state index in [1.54, 1.807) is 29.2 Å². The molecule has 1 saturated heterocycles. The highest BCUT2D eigenvalue weighted by atomic mass is 16.5. The van der Waals surface area contributed by atoms with Crippen molar-refractivity contribution < 1.29 is 23.8 Å². The van der Waals surface area contributed by atoms with E-state index in [9.17, 15) is 14.7 Å². The van der Waals surface area contributed by atoms with Gasteiger partial charge in [0.1, 0.15) is 29.1 Å². The predicted octanol–water partition coefficient (Wildman–Crippen LogP) is 4.99. The third kappa shape index (κ3) is 4.11. The van der Waals surface area contributed by atoms with E-state index >= 15 is 0 Å². The van der Waals surface area contributed by atoms with Crippen LogP contribution in [-0.4, -0.2) is 34.3 Å². The van der Waals surface area contributed by atoms with Gasteiger partial charge in [-0.3, -0.25) is 9.59 Å². The lowest BCUT2D eigenvalue weighted by molar-refractivity contribution is -0.141. The van der Waals surface area contributed by atoms with Crippen molar-refractivity contribution in [3.8, 4) is 5.75 Å². The molecule has 1 aromatic heterocycles. The van der Waals surface area contributed by atoms with Crippen LogP contribution in [0.4, 0.5) is 0 Å². The molecule has 2 aromatic rings. The Morgan fingerprint density at radius 1 is 1.19 bits per heavy atom. The van der Waals surface area contributed by atoms with Crippen LogP contribution in [0.15, 0.2) is 46.4 Å². The Bertz CT molecular complexity index is 1010. The van der Waals surface area contributed by atoms with Crippen LogP contribution >= 0.6 is 0 Å². The number of aliphatic hydroxyl groups excluding tert-OH is 1. The number of rotatable bonds is 6. The summed E-state index contributed by atoms with van der Waals surface area (Å²) in [5, 5.41) is 11.2. The minimum Gasteiger partial charge on any atom is -0.507 e. The summed E-state index contributed by atoms with van der Waals surface area (Å²) in [6.45, 7) is 6.47. The fraction of sp³-hybridized carbons (Fsp3) is 0.440. The number of nitrogens with zero attached hydrogens (tertiary/aromatic N) is 1. The van der Waals surface area contributed by atoms with Gasteiger partial charge in [-0.15, -0.1) is 0 Å². The number of hydrogen-bond acceptors (Lipinski definition) is 5. The number of benzene rings is 1. The topological polar surface area (TPSA) is 80.0 Å². The van der Waals surface area contributed by atoms with E-state index in [1.807, 2.05) is 19.1 Å². The molecule has 0 radical (unpaired) electrons. The van der Waals surface area contributed by atoms with Gasteiger partial charge >= 0.3 is 0 Å². The third-order valence-electron chi connectivity index (χ3n) is 5.92. The molecular formula is C25H29NO5. The first kappa shape index (κ1) is 21.2. The molecule has 1 unspecified atom stereocenters. The zero-order valence-electron chi connectivity index (χ0n) is 18.3. The van der Waals surface area contributed by atoms with E-state index in [4.69, 9.17) is 9.15 Å². The van der Waals surface area contributed by atoms with Crippen molar-refractivity contribution in [2.75, 3.05) is 6.61 Å². The van der Waals surface area contributed by atoms with E-state index in [0.29, 0.717) is 35.4 Å². The first-order valence-corrected chi connectivity index (χ1v) is 11.0. The van der Waals surface area contributed by atoms with Gasteiger partial charge in [0.15, 0.2) is 0 Å². The maximum Gasteiger partial charge on any atom is 0.296 e. The van der Waals surface area contributed by atoms with Crippen molar-refractivity contribution in [1.82, 2.24) is 4.90 Å². The fourth-order valence-corrected chi connectivity index (χ4v) is 4.44. The van der Waals surface area contributed by atoms with Crippen LogP contribution in [0, 0.1) is 12.8 Å². The lowest BCUT2D eigenvalue weighted by Gasteiger charge is -2.29. The Morgan fingerprint density at radius 3 is 2.58 bits per heavy atom. The fourth-order valence-electron chi connectivity index (χ4n) is 4.44. The molecule has 2 heterocycles. The highest BCUT2D eigenvalue weighted by Crippen LogP contribution is 2.44. The van der Waals surface area contributed by atoms with Crippen LogP contribution < -0.4 is 4.74 Å². The summed E-state index contributed by atoms with van der Waals surface area (Å²) in [6.07, 6.45) is 3.74. The maximum absolute atomic E-state index is 13.1. The zero-order chi connectivity index (χ0) is 22.1. The Kier molecular flexibility index (Phi) is 5.90. The molecule has 6 nitrogen and oxygen atoms in total. The minimum absolute atomic E-state index is 0.0298. The second-order valence-corrected chi connectivity index (χ2v) is 8.83. The normalized spacial score (nSPS) is 21.4. The van der Waals surface area contributed by atoms with Crippen molar-refractivity contribution in [2.45, 2.75) is 58.5 Å². The summed E-state index contributed by atoms with van der Waals surface area (Å²) in [5.74, 6) is 0.711. The molecule has 1 atom stereocenters. The second kappa shape index (κ2) is 8.61. The average molecular weight is 424 g/mol. The monoisotopic (exact) mass is 423 g/mol. The van der Waals surface area contributed by atoms with E-state index in [0.717, 1.165) is 25.7 Å². The van der Waals surface area contributed by atoms with Crippen LogP contribution in [0.1, 0.15) is 62.7 Å². The number of Topliss-reactive ketones (excluding diaryl/α,β-unsaturated/α-hetero) is 1. The number of aryl methyl sites for hydroxylation is 1. The first-order chi connectivity index (χ1) is 14.9. The van der Waals surface area contributed by atoms with Gasteiger partial charge in [-0.1, -0.05) is 38.8 Å². The summed E-state index contributed by atoms with van der Waals surface area (Å²) >= 11 is 0. The lowest BCUT2D eigenvalue weighted by atomic mass is 9.98. The smallest absolute Gasteiger partial charge is 0.296 e. The maximum atomic E-state index is 13.1. The average Bonchev–Trinajstić information content (AvgIpc) is 3.47. The highest BCUT2D eigenvalue weighted by Gasteiger charge is 2.50. The Morgan fingerprint density at radius 2 is 1.94 bits per heavy atom. The second-order valence-electron chi connectivity index (χ2n) is 8.83. The van der Waals surface area contributed by atoms with Gasteiger partial charge in [0.25, 0.3) is 11.7 Å². The van der Waals surface area contributed by atoms with Crippen LogP contribution in [0.2, 0.25) is 0 Å². The van der Waals surface area contributed by atoms with Gasteiger partial charge < -0.3 is 19.2 Å². The molecule has 6 heteroatoms. The number of likely N-dealkylation sites (tertiary alicyclic amines) is 1. The number of carbonyl (C=O) groups is 2. The number of aliphatic hydroxyl groups is 1. The molecule has 1 amide bonds. The lowest BCUT2D eigenvalue weighted by Crippen LogP contribution is -2.37. The molecule has 2 fully saturated rings. The van der Waals surface area contributed by atoms with Crippen LogP contribution in [0.3, 0.4) is 0 Å². The summed E-state index contributed by atoms with van der Waals surface area (Å²) in [5.41, 5.74) is 0.520. The van der Waals surface area contributed by atoms with E-state index in [1.165, 1.54) is 0 Å². The number of carbonyl (C=O) groups excluding carboxylic acids is 2. The van der Waals surface area contributed by atoms with Crippen molar-refractivity contribution >= 4 is 17.4 Å². The molecule has 1 N–H and O–H groups in total. The first-order valence-electron chi connectivity index (χ1n) is 11.0. The third-order valence-corrected chi connectivity index (χ3v) is 5.92. The largest absolute Gasteiger partial charge is 0.507 e. The van der Waals surface area contributed by atoms with Crippen LogP contribution in [0.5, 0.6) is 5.75 Å². The molecule has 164 valence electrons. The summed E-state index contributed by atoms with van der Waals surface area (Å²) < 4.78 is 11.6. The van der Waals surface area contributed by atoms with Crippen LogP contribution in [0.25, 0.3) is 5.76 Å². The predicted molar refractivity (Wildman–Crippen MR) is 117 cm³/mol. The molecule has 31 heavy (non-hydrogen) atoms. The number of ether oxygens (including phenoxy) is 1. The SMILES string of the molecule is Cc1ccc(C2/C(=C(/O)c3cccc(OCC(C)C)c3)C(=O)C(=O)N2C2CCCC2)o1. The van der Waals surface area contributed by atoms with Gasteiger partial charge in [0, 0.05) is 11.6 Å². The van der Waals surface area contributed by atoms with Crippen LogP contribution in [-0.2, 0) is 9.59 Å². The van der Waals surface area contributed by atoms with Gasteiger partial charge in [0.05, 0.1) is 12.2 Å². The standard InChI is InChI=1S/C25H29NO5/c1-15(2)14-30-19-10-6-7-17(13-19)23(27)21-22(20-12-11-16(3)31-20)26(25(29)24(21)28)18-8-4-5-9-18/h6-7,10-13,15,18,22,27H,4-5,8-9,14H2,1-3H3/b23-21-. The molecule has 0 bridgehead atoms. The molecule has 1 aliphatic heterocycles. The molecule has 1 aliphatic carbocycles. The molecule has 1 aromatic carbocycles. The van der Waals surface area contributed by atoms with E-state index in [-0.39, 0.29) is 17.4 Å². The van der Waals surface area contributed by atoms with Gasteiger partial charge in [0.2, 0.25) is 0 Å².